The van der Waals surface area contributed by atoms with Crippen molar-refractivity contribution in [3.8, 4) is 5.75 Å². The summed E-state index contributed by atoms with van der Waals surface area (Å²) in [6.45, 7) is 4.10. The van der Waals surface area contributed by atoms with E-state index in [9.17, 15) is 4.79 Å². The average Bonchev–Trinajstić information content (AvgIpc) is 2.48. The van der Waals surface area contributed by atoms with Gasteiger partial charge in [0.15, 0.2) is 0 Å². The van der Waals surface area contributed by atoms with Crippen LogP contribution in [0, 0.1) is 0 Å². The Kier molecular flexibility index (Phi) is 4.77. The molecule has 0 aliphatic rings. The molecule has 1 atom stereocenters. The first-order chi connectivity index (χ1) is 9.69. The first-order valence-electron chi connectivity index (χ1n) is 6.82. The highest BCUT2D eigenvalue weighted by molar-refractivity contribution is 6.04. The molecule has 0 bridgehead atoms. The number of amides is 1. The summed E-state index contributed by atoms with van der Waals surface area (Å²) in [4.78, 5) is 12.1. The van der Waals surface area contributed by atoms with Crippen LogP contribution in [0.3, 0.4) is 0 Å². The smallest absolute Gasteiger partial charge is 0.255 e. The molecule has 1 N–H and O–H groups in total. The van der Waals surface area contributed by atoms with Gasteiger partial charge >= 0.3 is 0 Å². The first kappa shape index (κ1) is 14.1. The summed E-state index contributed by atoms with van der Waals surface area (Å²) < 4.78 is 5.74. The Morgan fingerprint density at radius 1 is 1.15 bits per heavy atom. The van der Waals surface area contributed by atoms with Gasteiger partial charge in [-0.2, -0.15) is 0 Å². The molecular formula is C17H19NO2. The summed E-state index contributed by atoms with van der Waals surface area (Å²) in [5, 5.41) is 2.87. The van der Waals surface area contributed by atoms with Crippen molar-refractivity contribution >= 4 is 11.6 Å². The van der Waals surface area contributed by atoms with Gasteiger partial charge in [-0.05, 0) is 37.6 Å². The van der Waals surface area contributed by atoms with Crippen LogP contribution < -0.4 is 10.1 Å². The third-order valence-electron chi connectivity index (χ3n) is 3.04. The monoisotopic (exact) mass is 269 g/mol. The molecule has 0 aliphatic carbocycles. The van der Waals surface area contributed by atoms with Gasteiger partial charge in [0, 0.05) is 17.3 Å². The van der Waals surface area contributed by atoms with Gasteiger partial charge in [-0.15, -0.1) is 0 Å². The van der Waals surface area contributed by atoms with Crippen LogP contribution in [0.1, 0.15) is 30.6 Å². The number of anilines is 1. The molecule has 3 nitrogen and oxygen atoms in total. The minimum Gasteiger partial charge on any atom is -0.491 e. The summed E-state index contributed by atoms with van der Waals surface area (Å²) in [5.74, 6) is 0.650. The van der Waals surface area contributed by atoms with E-state index in [1.807, 2.05) is 49.4 Å². The molecule has 0 saturated heterocycles. The molecule has 3 heteroatoms. The van der Waals surface area contributed by atoms with Crippen LogP contribution in [0.2, 0.25) is 0 Å². The van der Waals surface area contributed by atoms with E-state index in [1.54, 1.807) is 12.1 Å². The number of benzene rings is 2. The third kappa shape index (κ3) is 3.85. The number of carbonyl (C=O) groups excluding carboxylic acids is 1. The number of rotatable bonds is 5. The minimum absolute atomic E-state index is 0.119. The average molecular weight is 269 g/mol. The number of ether oxygens (including phenoxy) is 1. The minimum atomic E-state index is -0.119. The van der Waals surface area contributed by atoms with Crippen molar-refractivity contribution < 1.29 is 9.53 Å². The van der Waals surface area contributed by atoms with Crippen LogP contribution >= 0.6 is 0 Å². The van der Waals surface area contributed by atoms with E-state index in [2.05, 4.69) is 12.2 Å². The van der Waals surface area contributed by atoms with Crippen molar-refractivity contribution in [2.75, 3.05) is 5.32 Å². The van der Waals surface area contributed by atoms with E-state index >= 15 is 0 Å². The van der Waals surface area contributed by atoms with Crippen LogP contribution in [0.15, 0.2) is 54.6 Å². The molecule has 0 saturated carbocycles. The van der Waals surface area contributed by atoms with Gasteiger partial charge in [0.25, 0.3) is 5.91 Å². The molecule has 2 aromatic rings. The van der Waals surface area contributed by atoms with Crippen LogP contribution in [0.5, 0.6) is 5.75 Å². The fourth-order valence-corrected chi connectivity index (χ4v) is 1.76. The lowest BCUT2D eigenvalue weighted by atomic mass is 10.2. The summed E-state index contributed by atoms with van der Waals surface area (Å²) in [6, 6.07) is 16.6. The lowest BCUT2D eigenvalue weighted by Crippen LogP contribution is -2.12. The molecule has 104 valence electrons. The highest BCUT2D eigenvalue weighted by atomic mass is 16.5. The highest BCUT2D eigenvalue weighted by Crippen LogP contribution is 2.19. The van der Waals surface area contributed by atoms with Crippen LogP contribution in [-0.2, 0) is 0 Å². The van der Waals surface area contributed by atoms with E-state index in [0.29, 0.717) is 5.56 Å². The van der Waals surface area contributed by atoms with Gasteiger partial charge in [-0.25, -0.2) is 0 Å². The largest absolute Gasteiger partial charge is 0.491 e. The second kappa shape index (κ2) is 6.75. The predicted molar refractivity (Wildman–Crippen MR) is 81.2 cm³/mol. The van der Waals surface area contributed by atoms with Crippen molar-refractivity contribution in [3.63, 3.8) is 0 Å². The van der Waals surface area contributed by atoms with Crippen molar-refractivity contribution in [2.45, 2.75) is 26.4 Å². The molecule has 2 aromatic carbocycles. The summed E-state index contributed by atoms with van der Waals surface area (Å²) >= 11 is 0. The zero-order valence-electron chi connectivity index (χ0n) is 11.8. The summed E-state index contributed by atoms with van der Waals surface area (Å²) in [5.41, 5.74) is 1.38. The lowest BCUT2D eigenvalue weighted by molar-refractivity contribution is 0.102. The molecule has 0 fully saturated rings. The highest BCUT2D eigenvalue weighted by Gasteiger charge is 2.06. The quantitative estimate of drug-likeness (QED) is 0.886. The van der Waals surface area contributed by atoms with Gasteiger partial charge in [-0.3, -0.25) is 4.79 Å². The Balaban J connectivity index is 2.06. The topological polar surface area (TPSA) is 38.3 Å². The second-order valence-corrected chi connectivity index (χ2v) is 4.68. The maximum atomic E-state index is 12.1. The van der Waals surface area contributed by atoms with Gasteiger partial charge in [-0.1, -0.05) is 31.2 Å². The maximum Gasteiger partial charge on any atom is 0.255 e. The SMILES string of the molecule is CCC(C)Oc1cccc(NC(=O)c2ccccc2)c1. The molecule has 2 rings (SSSR count). The molecule has 20 heavy (non-hydrogen) atoms. The Bertz CT molecular complexity index is 566. The predicted octanol–water partition coefficient (Wildman–Crippen LogP) is 4.12. The van der Waals surface area contributed by atoms with Crippen molar-refractivity contribution in [1.29, 1.82) is 0 Å². The normalized spacial score (nSPS) is 11.7. The maximum absolute atomic E-state index is 12.1. The number of hydrogen-bond acceptors (Lipinski definition) is 2. The molecule has 1 amide bonds. The van der Waals surface area contributed by atoms with E-state index in [1.165, 1.54) is 0 Å². The van der Waals surface area contributed by atoms with E-state index < -0.39 is 0 Å². The second-order valence-electron chi connectivity index (χ2n) is 4.68. The molecule has 1 unspecified atom stereocenters. The van der Waals surface area contributed by atoms with Gasteiger partial charge in [0.2, 0.25) is 0 Å². The van der Waals surface area contributed by atoms with Gasteiger partial charge in [0.1, 0.15) is 5.75 Å². The zero-order chi connectivity index (χ0) is 14.4. The Morgan fingerprint density at radius 2 is 1.90 bits per heavy atom. The van der Waals surface area contributed by atoms with Crippen molar-refractivity contribution in [3.05, 3.63) is 60.2 Å². The Labute approximate surface area is 119 Å². The zero-order valence-corrected chi connectivity index (χ0v) is 11.8. The van der Waals surface area contributed by atoms with E-state index in [4.69, 9.17) is 4.74 Å². The van der Waals surface area contributed by atoms with Crippen LogP contribution in [0.25, 0.3) is 0 Å². The molecule has 0 aromatic heterocycles. The number of nitrogens with one attached hydrogen (secondary N) is 1. The first-order valence-corrected chi connectivity index (χ1v) is 6.82. The molecule has 0 spiro atoms. The van der Waals surface area contributed by atoms with E-state index in [-0.39, 0.29) is 12.0 Å². The Morgan fingerprint density at radius 3 is 2.60 bits per heavy atom. The molecular weight excluding hydrogens is 250 g/mol. The lowest BCUT2D eigenvalue weighted by Gasteiger charge is -2.13. The fraction of sp³-hybridized carbons (Fsp3) is 0.235. The molecule has 0 radical (unpaired) electrons. The van der Waals surface area contributed by atoms with Crippen LogP contribution in [-0.4, -0.2) is 12.0 Å². The van der Waals surface area contributed by atoms with Gasteiger partial charge in [0.05, 0.1) is 6.10 Å². The third-order valence-corrected chi connectivity index (χ3v) is 3.04. The summed E-state index contributed by atoms with van der Waals surface area (Å²) in [6.07, 6.45) is 1.11. The molecule has 0 heterocycles. The van der Waals surface area contributed by atoms with Crippen molar-refractivity contribution in [1.82, 2.24) is 0 Å². The fourth-order valence-electron chi connectivity index (χ4n) is 1.76. The van der Waals surface area contributed by atoms with E-state index in [0.717, 1.165) is 17.9 Å². The number of hydrogen-bond donors (Lipinski definition) is 1. The van der Waals surface area contributed by atoms with Crippen molar-refractivity contribution in [2.24, 2.45) is 0 Å². The standard InChI is InChI=1S/C17H19NO2/c1-3-13(2)20-16-11-7-10-15(12-16)18-17(19)14-8-5-4-6-9-14/h4-13H,3H2,1-2H3,(H,18,19). The Hall–Kier alpha value is -2.29. The van der Waals surface area contributed by atoms with Crippen LogP contribution in [0.4, 0.5) is 5.69 Å². The van der Waals surface area contributed by atoms with Gasteiger partial charge < -0.3 is 10.1 Å². The number of carbonyl (C=O) groups is 1. The summed E-state index contributed by atoms with van der Waals surface area (Å²) in [7, 11) is 0. The molecule has 0 aliphatic heterocycles.